The molecule has 2 heterocycles. The highest BCUT2D eigenvalue weighted by molar-refractivity contribution is 6.07. The molecule has 7 aromatic rings. The van der Waals surface area contributed by atoms with Crippen LogP contribution < -0.4 is 21.5 Å². The van der Waals surface area contributed by atoms with Gasteiger partial charge in [0.25, 0.3) is 23.6 Å². The molecule has 0 spiro atoms. The molecule has 2 aromatic heterocycles. The third kappa shape index (κ3) is 9.83. The minimum Gasteiger partial charge on any atom is -0.317 e. The smallest absolute Gasteiger partial charge is 0.287 e. The maximum absolute atomic E-state index is 13.3. The summed E-state index contributed by atoms with van der Waals surface area (Å²) in [6, 6.07) is 46.5. The van der Waals surface area contributed by atoms with Crippen molar-refractivity contribution in [1.82, 2.24) is 31.5 Å². The molecule has 0 fully saturated rings. The van der Waals surface area contributed by atoms with Gasteiger partial charge in [-0.25, -0.2) is 20.8 Å². The molecule has 0 aliphatic heterocycles. The van der Waals surface area contributed by atoms with E-state index in [-0.39, 0.29) is 11.4 Å². The molecule has 4 amide bonds. The summed E-state index contributed by atoms with van der Waals surface area (Å²) in [5.74, 6) is -2.15. The Morgan fingerprint density at radius 3 is 1.16 bits per heavy atom. The van der Waals surface area contributed by atoms with Crippen molar-refractivity contribution in [2.45, 2.75) is 0 Å². The van der Waals surface area contributed by atoms with E-state index in [1.807, 2.05) is 84.9 Å². The van der Waals surface area contributed by atoms with Crippen LogP contribution in [0.25, 0.3) is 34.0 Å². The van der Waals surface area contributed by atoms with Crippen LogP contribution in [0.5, 0.6) is 0 Å². The van der Waals surface area contributed by atoms with Crippen molar-refractivity contribution in [2.75, 3.05) is 0 Å². The van der Waals surface area contributed by atoms with E-state index in [2.05, 4.69) is 31.7 Å². The topological polar surface area (TPSA) is 167 Å². The zero-order valence-corrected chi connectivity index (χ0v) is 30.7. The van der Waals surface area contributed by atoms with Crippen LogP contribution in [0, 0.1) is 0 Å². The Morgan fingerprint density at radius 1 is 0.431 bits per heavy atom. The molecule has 4 N–H and O–H groups in total. The summed E-state index contributed by atoms with van der Waals surface area (Å²) >= 11 is 0. The molecular weight excluding hydrogens is 729 g/mol. The quantitative estimate of drug-likeness (QED) is 0.0472. The minimum absolute atomic E-state index is 0.00428. The third-order valence-corrected chi connectivity index (χ3v) is 8.57. The number of hydrogen-bond acceptors (Lipinski definition) is 8. The van der Waals surface area contributed by atoms with Crippen LogP contribution in [-0.2, 0) is 9.59 Å². The van der Waals surface area contributed by atoms with E-state index in [1.165, 1.54) is 12.4 Å². The second kappa shape index (κ2) is 18.3. The zero-order chi connectivity index (χ0) is 40.1. The molecule has 0 bridgehead atoms. The standard InChI is InChI=1S/C46H34N8O4/c55-43(35-17-9-3-10-18-35)51-39(27-31-13-5-1-6-14-31)45(57)53-47-29-37-25-23-33-21-22-34-24-26-38(50-42(34)41(33)49-37)30-48-54-46(58)40(28-32-15-7-2-8-16-32)52-44(56)36-19-11-4-12-20-36/h1-30H,(H,51,55)(H,52,56)(H,53,57)(H,54,58)/b39-27-,40-28+,47-29+,48-30-. The number of carbonyl (C=O) groups is 4. The van der Waals surface area contributed by atoms with E-state index in [4.69, 9.17) is 9.97 Å². The Labute approximate surface area is 332 Å². The van der Waals surface area contributed by atoms with E-state index in [9.17, 15) is 19.2 Å². The maximum Gasteiger partial charge on any atom is 0.287 e. The lowest BCUT2D eigenvalue weighted by atomic mass is 10.1. The Kier molecular flexibility index (Phi) is 12.0. The molecule has 0 unspecified atom stereocenters. The summed E-state index contributed by atoms with van der Waals surface area (Å²) in [6.07, 6.45) is 5.92. The van der Waals surface area contributed by atoms with Gasteiger partial charge in [-0.3, -0.25) is 19.2 Å². The van der Waals surface area contributed by atoms with Gasteiger partial charge in [0.2, 0.25) is 0 Å². The summed E-state index contributed by atoms with van der Waals surface area (Å²) in [6.45, 7) is 0. The molecule has 58 heavy (non-hydrogen) atoms. The summed E-state index contributed by atoms with van der Waals surface area (Å²) in [4.78, 5) is 61.9. The normalized spacial score (nSPS) is 11.8. The molecule has 0 radical (unpaired) electrons. The molecule has 0 aliphatic rings. The van der Waals surface area contributed by atoms with Crippen molar-refractivity contribution in [3.05, 3.63) is 203 Å². The van der Waals surface area contributed by atoms with Gasteiger partial charge in [0.1, 0.15) is 11.4 Å². The minimum atomic E-state index is -0.630. The molecule has 12 heteroatoms. The fourth-order valence-electron chi connectivity index (χ4n) is 5.69. The lowest BCUT2D eigenvalue weighted by molar-refractivity contribution is -0.118. The van der Waals surface area contributed by atoms with E-state index < -0.39 is 23.6 Å². The molecule has 0 saturated heterocycles. The number of nitrogens with zero attached hydrogens (tertiary/aromatic N) is 4. The van der Waals surface area contributed by atoms with Gasteiger partial charge in [-0.05, 0) is 59.7 Å². The number of fused-ring (bicyclic) bond motifs is 3. The second-order valence-corrected chi connectivity index (χ2v) is 12.7. The average molecular weight is 763 g/mol. The Bertz CT molecular complexity index is 2550. The summed E-state index contributed by atoms with van der Waals surface area (Å²) in [7, 11) is 0. The lowest BCUT2D eigenvalue weighted by Crippen LogP contribution is -2.32. The fraction of sp³-hybridized carbons (Fsp3) is 0. The van der Waals surface area contributed by atoms with Crippen LogP contribution in [0.2, 0.25) is 0 Å². The predicted octanol–water partition coefficient (Wildman–Crippen LogP) is 6.63. The van der Waals surface area contributed by atoms with E-state index in [1.54, 1.807) is 84.9 Å². The van der Waals surface area contributed by atoms with Crippen LogP contribution >= 0.6 is 0 Å². The molecule has 5 aromatic carbocycles. The number of hydrogen-bond donors (Lipinski definition) is 4. The SMILES string of the molecule is O=C(N/N=C/c1ccc2ccc3ccc(/C=N\NC(=O)/C(=C\c4ccccc4)NC(=O)c4ccccc4)nc3c2n1)/C(=C/c1ccccc1)NC(=O)c1ccccc1. The van der Waals surface area contributed by atoms with Crippen LogP contribution in [0.1, 0.15) is 43.2 Å². The van der Waals surface area contributed by atoms with Crippen molar-refractivity contribution in [2.24, 2.45) is 10.2 Å². The number of amides is 4. The molecule has 0 saturated carbocycles. The molecule has 7 rings (SSSR count). The van der Waals surface area contributed by atoms with Crippen molar-refractivity contribution in [3.8, 4) is 0 Å². The van der Waals surface area contributed by atoms with E-state index in [0.29, 0.717) is 44.7 Å². The number of pyridine rings is 2. The monoisotopic (exact) mass is 762 g/mol. The molecule has 0 atom stereocenters. The molecule has 12 nitrogen and oxygen atoms in total. The fourth-order valence-corrected chi connectivity index (χ4v) is 5.69. The van der Waals surface area contributed by atoms with Gasteiger partial charge in [-0.1, -0.05) is 121 Å². The van der Waals surface area contributed by atoms with Gasteiger partial charge in [0.05, 0.1) is 34.9 Å². The van der Waals surface area contributed by atoms with Gasteiger partial charge in [-0.2, -0.15) is 10.2 Å². The van der Waals surface area contributed by atoms with Crippen molar-refractivity contribution in [3.63, 3.8) is 0 Å². The summed E-state index contributed by atoms with van der Waals surface area (Å²) < 4.78 is 0. The zero-order valence-electron chi connectivity index (χ0n) is 30.7. The van der Waals surface area contributed by atoms with Gasteiger partial charge in [0.15, 0.2) is 0 Å². The first-order chi connectivity index (χ1) is 28.4. The predicted molar refractivity (Wildman–Crippen MR) is 225 cm³/mol. The number of hydrazone groups is 2. The summed E-state index contributed by atoms with van der Waals surface area (Å²) in [5.41, 5.74) is 9.22. The number of nitrogens with one attached hydrogen (secondary N) is 4. The van der Waals surface area contributed by atoms with E-state index in [0.717, 1.165) is 10.8 Å². The Hall–Kier alpha value is -8.38. The molecule has 282 valence electrons. The lowest BCUT2D eigenvalue weighted by Gasteiger charge is -2.09. The Balaban J connectivity index is 1.07. The van der Waals surface area contributed by atoms with Crippen LogP contribution in [0.3, 0.4) is 0 Å². The third-order valence-electron chi connectivity index (χ3n) is 8.57. The maximum atomic E-state index is 13.3. The largest absolute Gasteiger partial charge is 0.317 e. The first kappa shape index (κ1) is 37.9. The first-order valence-corrected chi connectivity index (χ1v) is 18.0. The molecular formula is C46H34N8O4. The van der Waals surface area contributed by atoms with Crippen molar-refractivity contribution >= 4 is 70.0 Å². The van der Waals surface area contributed by atoms with Crippen LogP contribution in [0.15, 0.2) is 179 Å². The number of aromatic nitrogens is 2. The van der Waals surface area contributed by atoms with E-state index >= 15 is 0 Å². The van der Waals surface area contributed by atoms with Gasteiger partial charge in [0, 0.05) is 21.9 Å². The van der Waals surface area contributed by atoms with Gasteiger partial charge >= 0.3 is 0 Å². The first-order valence-electron chi connectivity index (χ1n) is 18.0. The Morgan fingerprint density at radius 2 is 0.776 bits per heavy atom. The summed E-state index contributed by atoms with van der Waals surface area (Å²) in [5, 5.41) is 15.3. The van der Waals surface area contributed by atoms with Crippen LogP contribution in [0.4, 0.5) is 0 Å². The highest BCUT2D eigenvalue weighted by Gasteiger charge is 2.16. The van der Waals surface area contributed by atoms with Crippen molar-refractivity contribution in [1.29, 1.82) is 0 Å². The average Bonchev–Trinajstić information content (AvgIpc) is 3.27. The number of rotatable bonds is 12. The molecule has 0 aliphatic carbocycles. The van der Waals surface area contributed by atoms with Crippen molar-refractivity contribution < 1.29 is 19.2 Å². The highest BCUT2D eigenvalue weighted by Crippen LogP contribution is 2.23. The second-order valence-electron chi connectivity index (χ2n) is 12.7. The number of carbonyl (C=O) groups excluding carboxylic acids is 4. The van der Waals surface area contributed by atoms with Gasteiger partial charge < -0.3 is 10.6 Å². The highest BCUT2D eigenvalue weighted by atomic mass is 16.2. The number of benzene rings is 5. The van der Waals surface area contributed by atoms with Gasteiger partial charge in [-0.15, -0.1) is 0 Å². The van der Waals surface area contributed by atoms with Crippen LogP contribution in [-0.4, -0.2) is 46.0 Å².